The van der Waals surface area contributed by atoms with Crippen LogP contribution >= 0.6 is 24.0 Å². The number of para-hydroxylation sites is 1. The number of guanidine groups is 1. The molecule has 2 rings (SSSR count). The van der Waals surface area contributed by atoms with Crippen LogP contribution in [0.1, 0.15) is 24.8 Å². The monoisotopic (exact) mass is 504 g/mol. The summed E-state index contributed by atoms with van der Waals surface area (Å²) in [5, 5.41) is 6.62. The van der Waals surface area contributed by atoms with Crippen LogP contribution in [0.15, 0.2) is 29.3 Å². The van der Waals surface area contributed by atoms with Crippen LogP contribution in [-0.2, 0) is 16.0 Å². The number of ether oxygens (including phenoxy) is 2. The van der Waals surface area contributed by atoms with Gasteiger partial charge in [0.2, 0.25) is 5.91 Å². The molecule has 158 valence electrons. The van der Waals surface area contributed by atoms with Gasteiger partial charge >= 0.3 is 0 Å². The van der Waals surface area contributed by atoms with Crippen LogP contribution in [0, 0.1) is 0 Å². The van der Waals surface area contributed by atoms with E-state index < -0.39 is 0 Å². The van der Waals surface area contributed by atoms with Gasteiger partial charge in [-0.3, -0.25) is 4.79 Å². The van der Waals surface area contributed by atoms with Crippen LogP contribution in [0.3, 0.4) is 0 Å². The van der Waals surface area contributed by atoms with Gasteiger partial charge in [0.05, 0.1) is 13.2 Å². The van der Waals surface area contributed by atoms with Crippen molar-refractivity contribution in [2.24, 2.45) is 4.99 Å². The molecule has 28 heavy (non-hydrogen) atoms. The van der Waals surface area contributed by atoms with Crippen LogP contribution in [-0.4, -0.2) is 70.3 Å². The Hall–Kier alpha value is -1.55. The second-order valence-electron chi connectivity index (χ2n) is 6.81. The predicted molar refractivity (Wildman–Crippen MR) is 123 cm³/mol. The minimum Gasteiger partial charge on any atom is -0.496 e. The van der Waals surface area contributed by atoms with Gasteiger partial charge < -0.3 is 25.0 Å². The van der Waals surface area contributed by atoms with Gasteiger partial charge in [-0.2, -0.15) is 0 Å². The van der Waals surface area contributed by atoms with Crippen LogP contribution in [0.5, 0.6) is 5.75 Å². The molecular formula is C20H33IN4O3. The van der Waals surface area contributed by atoms with E-state index in [1.165, 1.54) is 6.42 Å². The zero-order valence-electron chi connectivity index (χ0n) is 17.1. The summed E-state index contributed by atoms with van der Waals surface area (Å²) >= 11 is 0. The van der Waals surface area contributed by atoms with Crippen molar-refractivity contribution < 1.29 is 14.3 Å². The van der Waals surface area contributed by atoms with Gasteiger partial charge in [0.1, 0.15) is 12.3 Å². The van der Waals surface area contributed by atoms with Crippen molar-refractivity contribution >= 4 is 35.8 Å². The fourth-order valence-electron chi connectivity index (χ4n) is 2.87. The van der Waals surface area contributed by atoms with Crippen LogP contribution in [0.25, 0.3) is 0 Å². The number of methoxy groups -OCH3 is 1. The molecule has 0 radical (unpaired) electrons. The Kier molecular flexibility index (Phi) is 11.9. The van der Waals surface area contributed by atoms with Gasteiger partial charge in [0, 0.05) is 33.8 Å². The van der Waals surface area contributed by atoms with E-state index in [9.17, 15) is 4.79 Å². The maximum Gasteiger partial charge on any atom is 0.243 e. The van der Waals surface area contributed by atoms with Crippen molar-refractivity contribution in [3.05, 3.63) is 29.8 Å². The second-order valence-corrected chi connectivity index (χ2v) is 6.81. The molecular weight excluding hydrogens is 471 g/mol. The number of amides is 1. The summed E-state index contributed by atoms with van der Waals surface area (Å²) in [6.45, 7) is 2.31. The van der Waals surface area contributed by atoms with Crippen LogP contribution in [0.4, 0.5) is 0 Å². The summed E-state index contributed by atoms with van der Waals surface area (Å²) in [7, 11) is 5.14. The van der Waals surface area contributed by atoms with E-state index in [0.29, 0.717) is 19.0 Å². The van der Waals surface area contributed by atoms with Gasteiger partial charge in [-0.05, 0) is 37.3 Å². The third-order valence-electron chi connectivity index (χ3n) is 4.52. The highest BCUT2D eigenvalue weighted by Crippen LogP contribution is 2.17. The molecule has 0 spiro atoms. The molecule has 0 aliphatic carbocycles. The molecule has 1 aliphatic heterocycles. The number of halogens is 1. The molecule has 1 atom stereocenters. The lowest BCUT2D eigenvalue weighted by Crippen LogP contribution is -2.43. The Balaban J connectivity index is 0.00000392. The average molecular weight is 504 g/mol. The number of nitrogens with zero attached hydrogens (tertiary/aromatic N) is 2. The molecule has 1 saturated heterocycles. The zero-order valence-corrected chi connectivity index (χ0v) is 19.4. The standard InChI is InChI=1S/C20H32N4O3.HI/c1-24(2)19(25)15-23-20(22-14-17-9-6-7-13-27-17)21-12-11-16-8-4-5-10-18(16)26-3;/h4-5,8,10,17H,6-7,9,11-15H2,1-3H3,(H2,21,22,23);1H. The molecule has 1 fully saturated rings. The number of rotatable bonds is 8. The average Bonchev–Trinajstić information content (AvgIpc) is 2.70. The first kappa shape index (κ1) is 24.5. The van der Waals surface area contributed by atoms with Gasteiger partial charge in [0.15, 0.2) is 5.96 Å². The molecule has 0 bridgehead atoms. The van der Waals surface area contributed by atoms with E-state index in [4.69, 9.17) is 9.47 Å². The third kappa shape index (κ3) is 8.64. The molecule has 0 aromatic heterocycles. The zero-order chi connectivity index (χ0) is 19.5. The topological polar surface area (TPSA) is 75.2 Å². The molecule has 1 heterocycles. The van der Waals surface area contributed by atoms with Crippen molar-refractivity contribution in [1.82, 2.24) is 15.5 Å². The molecule has 1 aliphatic rings. The van der Waals surface area contributed by atoms with Gasteiger partial charge in [-0.25, -0.2) is 4.99 Å². The van der Waals surface area contributed by atoms with E-state index in [1.807, 2.05) is 18.2 Å². The van der Waals surface area contributed by atoms with E-state index in [-0.39, 0.29) is 42.5 Å². The highest BCUT2D eigenvalue weighted by molar-refractivity contribution is 14.0. The third-order valence-corrected chi connectivity index (χ3v) is 4.52. The molecule has 1 aromatic rings. The lowest BCUT2D eigenvalue weighted by atomic mass is 10.1. The van der Waals surface area contributed by atoms with Crippen LogP contribution in [0.2, 0.25) is 0 Å². The van der Waals surface area contributed by atoms with Crippen molar-refractivity contribution in [2.75, 3.05) is 47.4 Å². The Morgan fingerprint density at radius 2 is 2.07 bits per heavy atom. The first-order chi connectivity index (χ1) is 13.1. The molecule has 7 nitrogen and oxygen atoms in total. The van der Waals surface area contributed by atoms with Gasteiger partial charge in [-0.15, -0.1) is 24.0 Å². The fraction of sp³-hybridized carbons (Fsp3) is 0.600. The number of likely N-dealkylation sites (N-methyl/N-ethyl adjacent to an activating group) is 1. The van der Waals surface area contributed by atoms with E-state index >= 15 is 0 Å². The highest BCUT2D eigenvalue weighted by Gasteiger charge is 2.14. The lowest BCUT2D eigenvalue weighted by Gasteiger charge is -2.24. The summed E-state index contributed by atoms with van der Waals surface area (Å²) in [6, 6.07) is 7.97. The van der Waals surface area contributed by atoms with Crippen molar-refractivity contribution in [1.29, 1.82) is 0 Å². The Morgan fingerprint density at radius 1 is 1.29 bits per heavy atom. The maximum absolute atomic E-state index is 11.9. The van der Waals surface area contributed by atoms with Crippen molar-refractivity contribution in [2.45, 2.75) is 31.8 Å². The molecule has 8 heteroatoms. The number of carbonyl (C=O) groups is 1. The smallest absolute Gasteiger partial charge is 0.243 e. The first-order valence-electron chi connectivity index (χ1n) is 9.56. The lowest BCUT2D eigenvalue weighted by molar-refractivity contribution is -0.127. The van der Waals surface area contributed by atoms with E-state index in [0.717, 1.165) is 37.2 Å². The molecule has 1 amide bonds. The SMILES string of the molecule is COc1ccccc1CCNC(=NCC(=O)N(C)C)NCC1CCCCO1.I. The molecule has 1 aromatic carbocycles. The normalized spacial score (nSPS) is 16.7. The number of hydrogen-bond acceptors (Lipinski definition) is 4. The summed E-state index contributed by atoms with van der Waals surface area (Å²) in [5.74, 6) is 1.48. The second kappa shape index (κ2) is 13.6. The van der Waals surface area contributed by atoms with E-state index in [2.05, 4.69) is 21.7 Å². The fourth-order valence-corrected chi connectivity index (χ4v) is 2.87. The van der Waals surface area contributed by atoms with Crippen molar-refractivity contribution in [3.63, 3.8) is 0 Å². The summed E-state index contributed by atoms with van der Waals surface area (Å²) in [6.07, 6.45) is 4.37. The number of hydrogen-bond donors (Lipinski definition) is 2. The number of carbonyl (C=O) groups excluding carboxylic acids is 1. The predicted octanol–water partition coefficient (Wildman–Crippen LogP) is 2.05. The Bertz CT molecular complexity index is 619. The molecule has 0 saturated carbocycles. The summed E-state index contributed by atoms with van der Waals surface area (Å²) < 4.78 is 11.2. The largest absolute Gasteiger partial charge is 0.496 e. The number of nitrogens with one attached hydrogen (secondary N) is 2. The summed E-state index contributed by atoms with van der Waals surface area (Å²) in [5.41, 5.74) is 1.13. The number of benzene rings is 1. The van der Waals surface area contributed by atoms with Crippen molar-refractivity contribution in [3.8, 4) is 5.75 Å². The Labute approximate surface area is 185 Å². The van der Waals surface area contributed by atoms with Gasteiger partial charge in [0.25, 0.3) is 0 Å². The van der Waals surface area contributed by atoms with E-state index in [1.54, 1.807) is 26.1 Å². The minimum absolute atomic E-state index is 0. The quantitative estimate of drug-likeness (QED) is 0.322. The first-order valence-corrected chi connectivity index (χ1v) is 9.56. The summed E-state index contributed by atoms with van der Waals surface area (Å²) in [4.78, 5) is 17.8. The molecule has 2 N–H and O–H groups in total. The molecule has 1 unspecified atom stereocenters. The highest BCUT2D eigenvalue weighted by atomic mass is 127. The van der Waals surface area contributed by atoms with Crippen LogP contribution < -0.4 is 15.4 Å². The maximum atomic E-state index is 11.9. The van der Waals surface area contributed by atoms with Gasteiger partial charge in [-0.1, -0.05) is 18.2 Å². The Morgan fingerprint density at radius 3 is 2.75 bits per heavy atom. The number of aliphatic imine (C=N–C) groups is 1. The minimum atomic E-state index is -0.0326.